The molecule has 0 heterocycles. The van der Waals surface area contributed by atoms with Crippen molar-refractivity contribution in [3.63, 3.8) is 0 Å². The summed E-state index contributed by atoms with van der Waals surface area (Å²) in [6.45, 7) is 6.77. The number of amides is 1. The van der Waals surface area contributed by atoms with Crippen molar-refractivity contribution in [3.05, 3.63) is 102 Å². The van der Waals surface area contributed by atoms with Gasteiger partial charge in [0, 0.05) is 37.8 Å². The Kier molecular flexibility index (Phi) is 19.0. The second kappa shape index (κ2) is 21.4. The Morgan fingerprint density at radius 2 is 1.55 bits per heavy atom. The van der Waals surface area contributed by atoms with E-state index in [0.29, 0.717) is 23.6 Å². The van der Waals surface area contributed by atoms with E-state index in [1.54, 1.807) is 12.1 Å². The van der Waals surface area contributed by atoms with Gasteiger partial charge in [-0.3, -0.25) is 9.59 Å². The van der Waals surface area contributed by atoms with Crippen molar-refractivity contribution in [2.24, 2.45) is 11.5 Å². The van der Waals surface area contributed by atoms with E-state index >= 15 is 0 Å². The number of phenols is 1. The van der Waals surface area contributed by atoms with Crippen molar-refractivity contribution in [1.82, 2.24) is 4.90 Å². The van der Waals surface area contributed by atoms with E-state index in [1.807, 2.05) is 69.6 Å². The van der Waals surface area contributed by atoms with Gasteiger partial charge in [0.05, 0.1) is 12.2 Å². The van der Waals surface area contributed by atoms with Gasteiger partial charge in [0.15, 0.2) is 0 Å². The molecule has 9 nitrogen and oxygen atoms in total. The minimum Gasteiger partial charge on any atom is -0.507 e. The zero-order valence-corrected chi connectivity index (χ0v) is 24.1. The summed E-state index contributed by atoms with van der Waals surface area (Å²) >= 11 is 0. The van der Waals surface area contributed by atoms with Crippen LogP contribution in [-0.2, 0) is 19.1 Å². The maximum absolute atomic E-state index is 11.0. The Morgan fingerprint density at radius 3 is 1.95 bits per heavy atom. The Bertz CT molecular complexity index is 1120. The number of nitrogens with two attached hydrogens (primary N) is 3. The number of primary amides is 1. The molecule has 0 saturated heterocycles. The number of hydrogen-bond donors (Lipinski definition) is 4. The number of aromatic hydroxyl groups is 1. The van der Waals surface area contributed by atoms with Gasteiger partial charge in [-0.1, -0.05) is 66.2 Å². The molecule has 0 spiro atoms. The molecule has 0 aliphatic carbocycles. The SMILES string of the molecule is CC(=O)OC(CCN(C)C)c1ccccc1.CCO/C(=C\N)c1ccc(N)cc1O.Cc1ccccc1.NC=O. The standard InChI is InChI=1S/C13H19NO2.C10H14N2O2.C7H8.CH3NO/c1-11(15)16-13(9-10-14(2)3)12-7-5-4-6-8-12;1-2-14-10(6-11)8-4-3-7(12)5-9(8)13;1-7-5-3-2-4-6-7;2-1-3/h4-8,13H,9-10H2,1-3H3;3-6,13H,2,11-12H2,1H3;2-6H,1H3;1H,(H2,2,3)/b;10-6-;;. The van der Waals surface area contributed by atoms with E-state index in [4.69, 9.17) is 25.7 Å². The van der Waals surface area contributed by atoms with Crippen LogP contribution in [0.5, 0.6) is 5.75 Å². The normalized spacial score (nSPS) is 10.8. The van der Waals surface area contributed by atoms with Crippen LogP contribution < -0.4 is 17.2 Å². The fourth-order valence-corrected chi connectivity index (χ4v) is 3.20. The number of carbonyl (C=O) groups is 2. The van der Waals surface area contributed by atoms with Crippen LogP contribution in [0.4, 0.5) is 5.69 Å². The molecule has 40 heavy (non-hydrogen) atoms. The van der Waals surface area contributed by atoms with Gasteiger partial charge < -0.3 is 36.7 Å². The first-order valence-electron chi connectivity index (χ1n) is 12.8. The van der Waals surface area contributed by atoms with E-state index in [0.717, 1.165) is 18.5 Å². The molecule has 3 rings (SSSR count). The van der Waals surface area contributed by atoms with Gasteiger partial charge in [-0.2, -0.15) is 0 Å². The molecule has 3 aromatic carbocycles. The van der Waals surface area contributed by atoms with Crippen LogP contribution in [0.15, 0.2) is 85.1 Å². The number of ether oxygens (including phenoxy) is 2. The maximum atomic E-state index is 11.0. The summed E-state index contributed by atoms with van der Waals surface area (Å²) in [5.41, 5.74) is 18.4. The average molecular weight is 553 g/mol. The lowest BCUT2D eigenvalue weighted by Gasteiger charge is -2.19. The minimum atomic E-state index is -0.229. The molecular weight excluding hydrogens is 508 g/mol. The van der Waals surface area contributed by atoms with E-state index < -0.39 is 0 Å². The van der Waals surface area contributed by atoms with Crippen molar-refractivity contribution in [1.29, 1.82) is 0 Å². The Balaban J connectivity index is 0.000000574. The summed E-state index contributed by atoms with van der Waals surface area (Å²) in [5.74, 6) is 0.285. The summed E-state index contributed by atoms with van der Waals surface area (Å²) in [6.07, 6.45) is 2.24. The third-order valence-electron chi connectivity index (χ3n) is 5.00. The lowest BCUT2D eigenvalue weighted by molar-refractivity contribution is -0.147. The first-order chi connectivity index (χ1) is 19.1. The molecule has 1 amide bonds. The predicted molar refractivity (Wildman–Crippen MR) is 162 cm³/mol. The predicted octanol–water partition coefficient (Wildman–Crippen LogP) is 4.61. The highest BCUT2D eigenvalue weighted by atomic mass is 16.5. The van der Waals surface area contributed by atoms with Gasteiger partial charge in [-0.25, -0.2) is 0 Å². The minimum absolute atomic E-state index is 0.0650. The molecule has 9 heteroatoms. The van der Waals surface area contributed by atoms with Gasteiger partial charge in [-0.05, 0) is 45.6 Å². The van der Waals surface area contributed by atoms with E-state index in [1.165, 1.54) is 24.8 Å². The molecule has 1 atom stereocenters. The molecule has 0 bridgehead atoms. The summed E-state index contributed by atoms with van der Waals surface area (Å²) in [4.78, 5) is 21.7. The third kappa shape index (κ3) is 16.4. The molecule has 0 radical (unpaired) electrons. The zero-order valence-electron chi connectivity index (χ0n) is 24.1. The largest absolute Gasteiger partial charge is 0.507 e. The van der Waals surface area contributed by atoms with Gasteiger partial charge in [0.2, 0.25) is 6.41 Å². The Hall–Kier alpha value is -4.50. The molecule has 0 fully saturated rings. The summed E-state index contributed by atoms with van der Waals surface area (Å²) in [7, 11) is 4.02. The summed E-state index contributed by atoms with van der Waals surface area (Å²) in [5, 5.41) is 9.56. The van der Waals surface area contributed by atoms with Crippen molar-refractivity contribution in [2.45, 2.75) is 33.3 Å². The van der Waals surface area contributed by atoms with Crippen LogP contribution in [0.2, 0.25) is 0 Å². The zero-order chi connectivity index (χ0) is 30.3. The Labute approximate surface area is 238 Å². The van der Waals surface area contributed by atoms with Gasteiger partial charge in [0.1, 0.15) is 17.6 Å². The van der Waals surface area contributed by atoms with Crippen LogP contribution in [-0.4, -0.2) is 49.6 Å². The summed E-state index contributed by atoms with van der Waals surface area (Å²) < 4.78 is 10.6. The fourth-order valence-electron chi connectivity index (χ4n) is 3.20. The number of nitrogen functional groups attached to an aromatic ring is 1. The van der Waals surface area contributed by atoms with Crippen LogP contribution >= 0.6 is 0 Å². The number of carbonyl (C=O) groups excluding carboxylic acids is 2. The second-order valence-electron chi connectivity index (χ2n) is 8.63. The monoisotopic (exact) mass is 552 g/mol. The first kappa shape index (κ1) is 35.5. The van der Waals surface area contributed by atoms with E-state index in [-0.39, 0.29) is 24.2 Å². The molecular formula is C31H44N4O5. The van der Waals surface area contributed by atoms with Crippen molar-refractivity contribution in [3.8, 4) is 5.75 Å². The van der Waals surface area contributed by atoms with Crippen LogP contribution in [0.1, 0.15) is 43.1 Å². The van der Waals surface area contributed by atoms with Crippen molar-refractivity contribution < 1.29 is 24.2 Å². The smallest absolute Gasteiger partial charge is 0.303 e. The van der Waals surface area contributed by atoms with Gasteiger partial charge >= 0.3 is 5.97 Å². The van der Waals surface area contributed by atoms with Crippen molar-refractivity contribution >= 4 is 23.8 Å². The number of anilines is 1. The molecule has 0 aliphatic rings. The number of benzene rings is 3. The molecule has 0 saturated carbocycles. The lowest BCUT2D eigenvalue weighted by atomic mass is 10.1. The average Bonchev–Trinajstić information content (AvgIpc) is 2.92. The Morgan fingerprint density at radius 1 is 1.00 bits per heavy atom. The third-order valence-corrected chi connectivity index (χ3v) is 5.00. The molecule has 218 valence electrons. The molecule has 7 N–H and O–H groups in total. The summed E-state index contributed by atoms with van der Waals surface area (Å²) in [6, 6.07) is 24.9. The lowest BCUT2D eigenvalue weighted by Crippen LogP contribution is -2.18. The highest BCUT2D eigenvalue weighted by Gasteiger charge is 2.14. The van der Waals surface area contributed by atoms with E-state index in [2.05, 4.69) is 29.7 Å². The molecule has 0 aliphatic heterocycles. The maximum Gasteiger partial charge on any atom is 0.303 e. The second-order valence-corrected chi connectivity index (χ2v) is 8.63. The topological polar surface area (TPSA) is 154 Å². The van der Waals surface area contributed by atoms with Gasteiger partial charge in [-0.15, -0.1) is 0 Å². The number of nitrogens with zero attached hydrogens (tertiary/aromatic N) is 1. The first-order valence-corrected chi connectivity index (χ1v) is 12.8. The number of esters is 1. The number of hydrogen-bond acceptors (Lipinski definition) is 8. The highest BCUT2D eigenvalue weighted by molar-refractivity contribution is 5.67. The van der Waals surface area contributed by atoms with Crippen molar-refractivity contribution in [2.75, 3.05) is 33.0 Å². The van der Waals surface area contributed by atoms with Gasteiger partial charge in [0.25, 0.3) is 0 Å². The number of aryl methyl sites for hydroxylation is 1. The molecule has 1 unspecified atom stereocenters. The molecule has 0 aromatic heterocycles. The van der Waals surface area contributed by atoms with Crippen LogP contribution in [0, 0.1) is 6.92 Å². The number of phenolic OH excluding ortho intramolecular Hbond substituents is 1. The molecule has 3 aromatic rings. The fraction of sp³-hybridized carbons (Fsp3) is 0.290. The quantitative estimate of drug-likeness (QED) is 0.137. The van der Waals surface area contributed by atoms with Crippen LogP contribution in [0.25, 0.3) is 5.76 Å². The van der Waals surface area contributed by atoms with Crippen LogP contribution in [0.3, 0.4) is 0 Å². The highest BCUT2D eigenvalue weighted by Crippen LogP contribution is 2.27. The van der Waals surface area contributed by atoms with E-state index in [9.17, 15) is 9.90 Å². The number of rotatable bonds is 8.